The molecule has 4 aromatic rings. The highest BCUT2D eigenvalue weighted by molar-refractivity contribution is 7.92. The molecule has 234 valence electrons. The summed E-state index contributed by atoms with van der Waals surface area (Å²) in [6.45, 7) is -0.482. The van der Waals surface area contributed by atoms with Crippen LogP contribution >= 0.6 is 0 Å². The molecule has 1 aliphatic heterocycles. The maximum atomic E-state index is 13.6. The molecule has 0 unspecified atom stereocenters. The highest BCUT2D eigenvalue weighted by atomic mass is 32.2. The number of benzene rings is 3. The van der Waals surface area contributed by atoms with Gasteiger partial charge < -0.3 is 33.2 Å². The molecule has 3 aromatic carbocycles. The van der Waals surface area contributed by atoms with Crippen molar-refractivity contribution in [3.05, 3.63) is 84.6 Å². The number of hydrogen-bond donors (Lipinski definition) is 2. The van der Waals surface area contributed by atoms with Crippen molar-refractivity contribution in [2.45, 2.75) is 4.90 Å². The van der Waals surface area contributed by atoms with Crippen LogP contribution in [0.15, 0.2) is 83.9 Å². The number of sulfonamides is 1. The second-order valence-electron chi connectivity index (χ2n) is 9.04. The van der Waals surface area contributed by atoms with Crippen molar-refractivity contribution in [2.24, 2.45) is 0 Å². The Morgan fingerprint density at radius 1 is 0.889 bits per heavy atom. The van der Waals surface area contributed by atoms with E-state index in [4.69, 9.17) is 33.2 Å². The van der Waals surface area contributed by atoms with Crippen LogP contribution in [0.3, 0.4) is 0 Å². The standard InChI is InChI=1S/C30H27N3O11S/c1-38-22-7-3-4-8-24(22)44-28-21(33-45(36,37)20-10-11-23-25(17-20)43-18-42-23)15-19(29(34)39-2)16-26(28)40-13-14-41-30(35)32-27-9-5-6-12-31-27/h3-12,15-17,33H,13-14,18H2,1-2H3,(H,31,32,35). The van der Waals surface area contributed by atoms with E-state index in [0.717, 1.165) is 0 Å². The monoisotopic (exact) mass is 637 g/mol. The molecule has 0 atom stereocenters. The SMILES string of the molecule is COC(=O)c1cc(NS(=O)(=O)c2ccc3c(c2)OCO3)c(Oc2ccccc2OC)c(OCCOC(=O)Nc2ccccn2)c1. The van der Waals surface area contributed by atoms with E-state index in [1.807, 2.05) is 0 Å². The largest absolute Gasteiger partial charge is 0.493 e. The van der Waals surface area contributed by atoms with Crippen LogP contribution in [0.25, 0.3) is 0 Å². The van der Waals surface area contributed by atoms with Gasteiger partial charge in [0.1, 0.15) is 19.0 Å². The second kappa shape index (κ2) is 13.7. The smallest absolute Gasteiger partial charge is 0.412 e. The molecule has 5 rings (SSSR count). The summed E-state index contributed by atoms with van der Waals surface area (Å²) < 4.78 is 67.6. The molecule has 0 radical (unpaired) electrons. The summed E-state index contributed by atoms with van der Waals surface area (Å²) in [6.07, 6.45) is 0.734. The number of nitrogens with one attached hydrogen (secondary N) is 2. The molecule has 1 amide bonds. The fourth-order valence-corrected chi connectivity index (χ4v) is 5.12. The van der Waals surface area contributed by atoms with Gasteiger partial charge in [-0.15, -0.1) is 0 Å². The number of methoxy groups -OCH3 is 2. The minimum atomic E-state index is -4.29. The van der Waals surface area contributed by atoms with Gasteiger partial charge in [0.05, 0.1) is 30.4 Å². The lowest BCUT2D eigenvalue weighted by Gasteiger charge is -2.20. The quantitative estimate of drug-likeness (QED) is 0.161. The van der Waals surface area contributed by atoms with E-state index in [1.165, 1.54) is 50.7 Å². The highest BCUT2D eigenvalue weighted by Crippen LogP contribution is 2.44. The zero-order valence-corrected chi connectivity index (χ0v) is 24.8. The van der Waals surface area contributed by atoms with Gasteiger partial charge in [-0.1, -0.05) is 18.2 Å². The third-order valence-electron chi connectivity index (χ3n) is 6.12. The molecule has 2 N–H and O–H groups in total. The number of ether oxygens (including phenoxy) is 7. The number of fused-ring (bicyclic) bond motifs is 1. The topological polar surface area (TPSA) is 170 Å². The summed E-state index contributed by atoms with van der Waals surface area (Å²) in [5.74, 6) is 0.524. The van der Waals surface area contributed by atoms with Crippen LogP contribution < -0.4 is 33.7 Å². The Morgan fingerprint density at radius 2 is 1.67 bits per heavy atom. The van der Waals surface area contributed by atoms with Gasteiger partial charge in [-0.05, 0) is 48.5 Å². The Morgan fingerprint density at radius 3 is 2.42 bits per heavy atom. The maximum absolute atomic E-state index is 13.6. The highest BCUT2D eigenvalue weighted by Gasteiger charge is 2.26. The lowest BCUT2D eigenvalue weighted by molar-refractivity contribution is 0.0600. The van der Waals surface area contributed by atoms with Crippen LogP contribution in [0.2, 0.25) is 0 Å². The number of hydrogen-bond acceptors (Lipinski definition) is 12. The summed E-state index contributed by atoms with van der Waals surface area (Å²) in [5.41, 5.74) is -0.220. The average molecular weight is 638 g/mol. The lowest BCUT2D eigenvalue weighted by atomic mass is 10.1. The van der Waals surface area contributed by atoms with Crippen molar-refractivity contribution in [3.8, 4) is 34.5 Å². The molecule has 45 heavy (non-hydrogen) atoms. The number of nitrogens with zero attached hydrogens (tertiary/aromatic N) is 1. The summed E-state index contributed by atoms with van der Waals surface area (Å²) in [6, 6.07) is 18.3. The van der Waals surface area contributed by atoms with Crippen LogP contribution in [0.1, 0.15) is 10.4 Å². The molecule has 0 bridgehead atoms. The van der Waals surface area contributed by atoms with E-state index in [2.05, 4.69) is 15.0 Å². The van der Waals surface area contributed by atoms with Crippen molar-refractivity contribution in [3.63, 3.8) is 0 Å². The first-order valence-electron chi connectivity index (χ1n) is 13.2. The molecule has 0 fully saturated rings. The molecule has 1 aromatic heterocycles. The van der Waals surface area contributed by atoms with Crippen LogP contribution in [0.4, 0.5) is 16.3 Å². The number of carbonyl (C=O) groups is 2. The van der Waals surface area contributed by atoms with Crippen molar-refractivity contribution >= 4 is 33.6 Å². The molecule has 2 heterocycles. The van der Waals surface area contributed by atoms with E-state index in [0.29, 0.717) is 17.3 Å². The number of carbonyl (C=O) groups excluding carboxylic acids is 2. The van der Waals surface area contributed by atoms with Crippen LogP contribution in [-0.4, -0.2) is 59.7 Å². The van der Waals surface area contributed by atoms with E-state index in [-0.39, 0.29) is 59.2 Å². The van der Waals surface area contributed by atoms with E-state index in [9.17, 15) is 18.0 Å². The normalized spacial score (nSPS) is 11.7. The molecule has 0 saturated carbocycles. The van der Waals surface area contributed by atoms with Gasteiger partial charge in [0.15, 0.2) is 34.5 Å². The van der Waals surface area contributed by atoms with Gasteiger partial charge in [-0.3, -0.25) is 10.0 Å². The Labute approximate surface area is 257 Å². The van der Waals surface area contributed by atoms with Crippen molar-refractivity contribution in [1.29, 1.82) is 0 Å². The summed E-state index contributed by atoms with van der Waals surface area (Å²) >= 11 is 0. The van der Waals surface area contributed by atoms with Gasteiger partial charge in [0.25, 0.3) is 10.0 Å². The molecule has 14 nitrogen and oxygen atoms in total. The second-order valence-corrected chi connectivity index (χ2v) is 10.7. The van der Waals surface area contributed by atoms with Crippen LogP contribution in [0.5, 0.6) is 34.5 Å². The molecule has 1 aliphatic rings. The summed E-state index contributed by atoms with van der Waals surface area (Å²) in [5, 5.41) is 2.47. The Balaban J connectivity index is 1.46. The molecular formula is C30H27N3O11S. The van der Waals surface area contributed by atoms with E-state index >= 15 is 0 Å². The molecular weight excluding hydrogens is 610 g/mol. The number of aromatic nitrogens is 1. The van der Waals surface area contributed by atoms with Gasteiger partial charge >= 0.3 is 12.1 Å². The van der Waals surface area contributed by atoms with Gasteiger partial charge in [0, 0.05) is 12.3 Å². The van der Waals surface area contributed by atoms with Gasteiger partial charge in [-0.25, -0.2) is 23.0 Å². The van der Waals surface area contributed by atoms with Crippen molar-refractivity contribution < 1.29 is 51.2 Å². The summed E-state index contributed by atoms with van der Waals surface area (Å²) in [4.78, 5) is 28.6. The minimum absolute atomic E-state index is 0.0421. The Bertz CT molecular complexity index is 1800. The predicted molar refractivity (Wildman–Crippen MR) is 159 cm³/mol. The average Bonchev–Trinajstić information content (AvgIpc) is 3.52. The van der Waals surface area contributed by atoms with Crippen LogP contribution in [0, 0.1) is 0 Å². The number of rotatable bonds is 12. The number of amides is 1. The van der Waals surface area contributed by atoms with Crippen LogP contribution in [-0.2, 0) is 19.5 Å². The first-order chi connectivity index (χ1) is 21.8. The molecule has 0 spiro atoms. The first kappa shape index (κ1) is 30.7. The van der Waals surface area contributed by atoms with Crippen molar-refractivity contribution in [2.75, 3.05) is 44.3 Å². The third-order valence-corrected chi connectivity index (χ3v) is 7.49. The Hall–Kier alpha value is -5.70. The maximum Gasteiger partial charge on any atom is 0.412 e. The minimum Gasteiger partial charge on any atom is -0.493 e. The third kappa shape index (κ3) is 7.45. The number of pyridine rings is 1. The van der Waals surface area contributed by atoms with E-state index < -0.39 is 22.1 Å². The van der Waals surface area contributed by atoms with Gasteiger partial charge in [-0.2, -0.15) is 0 Å². The molecule has 0 saturated heterocycles. The first-order valence-corrected chi connectivity index (χ1v) is 14.7. The fraction of sp³-hybridized carbons (Fsp3) is 0.167. The fourth-order valence-electron chi connectivity index (χ4n) is 4.05. The lowest BCUT2D eigenvalue weighted by Crippen LogP contribution is -2.19. The number of esters is 1. The summed E-state index contributed by atoms with van der Waals surface area (Å²) in [7, 11) is -1.67. The molecule has 15 heteroatoms. The van der Waals surface area contributed by atoms with E-state index in [1.54, 1.807) is 42.5 Å². The zero-order chi connectivity index (χ0) is 31.8. The predicted octanol–water partition coefficient (Wildman–Crippen LogP) is 4.83. The number of para-hydroxylation sites is 2. The Kier molecular flexibility index (Phi) is 9.38. The zero-order valence-electron chi connectivity index (χ0n) is 24.0. The number of anilines is 2. The molecule has 0 aliphatic carbocycles. The van der Waals surface area contributed by atoms with Crippen molar-refractivity contribution in [1.82, 2.24) is 4.98 Å². The van der Waals surface area contributed by atoms with Gasteiger partial charge in [0.2, 0.25) is 6.79 Å².